The zero-order valence-corrected chi connectivity index (χ0v) is 32.8. The van der Waals surface area contributed by atoms with Crippen molar-refractivity contribution in [1.29, 1.82) is 0 Å². The fourth-order valence-electron chi connectivity index (χ4n) is 4.74. The minimum Gasteiger partial charge on any atom is -0.356 e. The summed E-state index contributed by atoms with van der Waals surface area (Å²) < 4.78 is 20.9. The Hall–Kier alpha value is -2.04. The number of aromatic nitrogens is 2. The van der Waals surface area contributed by atoms with Crippen molar-refractivity contribution in [3.05, 3.63) is 22.1 Å². The topological polar surface area (TPSA) is 145 Å². The SMILES string of the molecule is CCC[C@H](NC(C)CC(OC)OC)C(=O)Nc1ncc(C(C)C)s1.CCC[C@H](NC(C)CC(OC)OC)C(=O)Nc1ncc(C(C)C)s1. The Balaban J connectivity index is 0.000000480. The number of amides is 2. The minimum absolute atomic E-state index is 0.0419. The van der Waals surface area contributed by atoms with E-state index in [1.54, 1.807) is 28.4 Å². The van der Waals surface area contributed by atoms with Gasteiger partial charge in [0.25, 0.3) is 0 Å². The van der Waals surface area contributed by atoms with Crippen molar-refractivity contribution in [2.75, 3.05) is 39.1 Å². The zero-order chi connectivity index (χ0) is 36.2. The van der Waals surface area contributed by atoms with Crippen molar-refractivity contribution in [2.45, 2.75) is 142 Å². The Morgan fingerprint density at radius 2 is 0.979 bits per heavy atom. The normalized spacial score (nSPS) is 14.2. The third kappa shape index (κ3) is 16.6. The van der Waals surface area contributed by atoms with Crippen LogP contribution in [0.5, 0.6) is 0 Å². The summed E-state index contributed by atoms with van der Waals surface area (Å²) in [5, 5.41) is 13.9. The molecule has 0 saturated heterocycles. The fraction of sp³-hybridized carbons (Fsp3) is 0.765. The molecule has 0 bridgehead atoms. The molecule has 48 heavy (non-hydrogen) atoms. The minimum atomic E-state index is -0.273. The van der Waals surface area contributed by atoms with Crippen LogP contribution in [0.3, 0.4) is 0 Å². The van der Waals surface area contributed by atoms with Crippen LogP contribution in [-0.2, 0) is 28.5 Å². The first-order valence-corrected chi connectivity index (χ1v) is 18.6. The molecule has 0 aliphatic heterocycles. The van der Waals surface area contributed by atoms with Gasteiger partial charge in [0.15, 0.2) is 22.8 Å². The molecule has 14 heteroatoms. The van der Waals surface area contributed by atoms with Gasteiger partial charge in [-0.15, -0.1) is 22.7 Å². The van der Waals surface area contributed by atoms with Gasteiger partial charge in [-0.05, 0) is 38.5 Å². The van der Waals surface area contributed by atoms with Gasteiger partial charge in [-0.1, -0.05) is 54.4 Å². The van der Waals surface area contributed by atoms with E-state index < -0.39 is 0 Å². The van der Waals surface area contributed by atoms with Gasteiger partial charge in [0.1, 0.15) is 0 Å². The number of nitrogens with zero attached hydrogens (tertiary/aromatic N) is 2. The molecular weight excluding hydrogens is 653 g/mol. The number of ether oxygens (including phenoxy) is 4. The van der Waals surface area contributed by atoms with Gasteiger partial charge in [-0.2, -0.15) is 0 Å². The molecule has 0 aliphatic carbocycles. The molecule has 0 radical (unpaired) electrons. The van der Waals surface area contributed by atoms with Crippen LogP contribution in [0.2, 0.25) is 0 Å². The number of carbonyl (C=O) groups excluding carboxylic acids is 2. The second kappa shape index (κ2) is 24.2. The summed E-state index contributed by atoms with van der Waals surface area (Å²) in [5.41, 5.74) is 0. The standard InChI is InChI=1S/2C17H31N3O3S/c2*1-7-8-13(19-12(4)9-15(22-5)23-6)16(21)20-17-18-10-14(24-17)11(2)3/h2*10-13,15,19H,7-9H2,1-6H3,(H,18,20,21)/t2*12?,13-/m00/s1. The van der Waals surface area contributed by atoms with Crippen molar-refractivity contribution in [1.82, 2.24) is 20.6 Å². The molecule has 0 aromatic carbocycles. The van der Waals surface area contributed by atoms with E-state index in [0.717, 1.165) is 25.7 Å². The lowest BCUT2D eigenvalue weighted by Gasteiger charge is -2.24. The maximum atomic E-state index is 12.6. The summed E-state index contributed by atoms with van der Waals surface area (Å²) in [4.78, 5) is 36.1. The van der Waals surface area contributed by atoms with E-state index in [4.69, 9.17) is 18.9 Å². The van der Waals surface area contributed by atoms with Crippen LogP contribution in [0.15, 0.2) is 12.4 Å². The third-order valence-electron chi connectivity index (χ3n) is 7.55. The van der Waals surface area contributed by atoms with E-state index in [1.165, 1.54) is 32.4 Å². The van der Waals surface area contributed by atoms with Crippen LogP contribution in [0.25, 0.3) is 0 Å². The molecule has 12 nitrogen and oxygen atoms in total. The van der Waals surface area contributed by atoms with E-state index in [0.29, 0.717) is 34.9 Å². The summed E-state index contributed by atoms with van der Waals surface area (Å²) in [6, 6.07) is -0.323. The molecule has 2 rings (SSSR count). The average Bonchev–Trinajstić information content (AvgIpc) is 3.72. The molecule has 2 unspecified atom stereocenters. The van der Waals surface area contributed by atoms with Crippen LogP contribution in [-0.4, -0.2) is 87.0 Å². The number of methoxy groups -OCH3 is 4. The van der Waals surface area contributed by atoms with Crippen LogP contribution < -0.4 is 21.3 Å². The summed E-state index contributed by atoms with van der Waals surface area (Å²) >= 11 is 3.06. The zero-order valence-electron chi connectivity index (χ0n) is 31.2. The van der Waals surface area contributed by atoms with Crippen molar-refractivity contribution in [2.24, 2.45) is 0 Å². The summed E-state index contributed by atoms with van der Waals surface area (Å²) in [6.07, 6.45) is 7.85. The van der Waals surface area contributed by atoms with Gasteiger partial charge in [0.2, 0.25) is 11.8 Å². The molecule has 276 valence electrons. The number of anilines is 2. The second-order valence-electron chi connectivity index (χ2n) is 12.5. The van der Waals surface area contributed by atoms with E-state index in [1.807, 2.05) is 26.2 Å². The van der Waals surface area contributed by atoms with Crippen molar-refractivity contribution in [3.8, 4) is 0 Å². The molecule has 2 aromatic heterocycles. The van der Waals surface area contributed by atoms with Crippen molar-refractivity contribution < 1.29 is 28.5 Å². The molecule has 2 aromatic rings. The molecule has 4 N–H and O–H groups in total. The van der Waals surface area contributed by atoms with Gasteiger partial charge in [0, 0.05) is 75.5 Å². The van der Waals surface area contributed by atoms with Crippen molar-refractivity contribution >= 4 is 44.8 Å². The van der Waals surface area contributed by atoms with E-state index >= 15 is 0 Å². The highest BCUT2D eigenvalue weighted by Crippen LogP contribution is 2.26. The Labute approximate surface area is 296 Å². The molecule has 0 spiro atoms. The number of hydrogen-bond acceptors (Lipinski definition) is 12. The van der Waals surface area contributed by atoms with Gasteiger partial charge in [0.05, 0.1) is 12.1 Å². The third-order valence-corrected chi connectivity index (χ3v) is 9.97. The number of rotatable bonds is 22. The summed E-state index contributed by atoms with van der Waals surface area (Å²) in [6.45, 7) is 16.7. The van der Waals surface area contributed by atoms with Gasteiger partial charge >= 0.3 is 0 Å². The maximum Gasteiger partial charge on any atom is 0.243 e. The van der Waals surface area contributed by atoms with Crippen LogP contribution in [0.1, 0.15) is 116 Å². The largest absolute Gasteiger partial charge is 0.356 e. The predicted molar refractivity (Wildman–Crippen MR) is 197 cm³/mol. The molecule has 2 heterocycles. The van der Waals surface area contributed by atoms with E-state index in [2.05, 4.69) is 72.8 Å². The van der Waals surface area contributed by atoms with E-state index in [9.17, 15) is 9.59 Å². The van der Waals surface area contributed by atoms with Crippen LogP contribution in [0, 0.1) is 0 Å². The highest BCUT2D eigenvalue weighted by molar-refractivity contribution is 7.16. The van der Waals surface area contributed by atoms with Gasteiger partial charge in [-0.3, -0.25) is 9.59 Å². The van der Waals surface area contributed by atoms with E-state index in [-0.39, 0.29) is 48.6 Å². The number of hydrogen-bond donors (Lipinski definition) is 4. The summed E-state index contributed by atoms with van der Waals surface area (Å²) in [5.74, 6) is 0.745. The van der Waals surface area contributed by atoms with Crippen molar-refractivity contribution in [3.63, 3.8) is 0 Å². The predicted octanol–water partition coefficient (Wildman–Crippen LogP) is 6.72. The number of thiazole rings is 2. The smallest absolute Gasteiger partial charge is 0.243 e. The molecule has 0 saturated carbocycles. The molecule has 4 atom stereocenters. The van der Waals surface area contributed by atoms with Gasteiger partial charge < -0.3 is 40.2 Å². The molecular formula is C34H62N6O6S2. The lowest BCUT2D eigenvalue weighted by atomic mass is 10.1. The molecule has 0 fully saturated rings. The van der Waals surface area contributed by atoms with Crippen LogP contribution >= 0.6 is 22.7 Å². The first-order valence-electron chi connectivity index (χ1n) is 17.0. The first-order chi connectivity index (χ1) is 22.8. The Kier molecular flexibility index (Phi) is 22.1. The lowest BCUT2D eigenvalue weighted by Crippen LogP contribution is -2.46. The Morgan fingerprint density at radius 1 is 0.646 bits per heavy atom. The quantitative estimate of drug-likeness (QED) is 0.0970. The summed E-state index contributed by atoms with van der Waals surface area (Å²) in [7, 11) is 6.47. The second-order valence-corrected chi connectivity index (χ2v) is 14.6. The molecule has 0 aliphatic rings. The average molecular weight is 715 g/mol. The Bertz CT molecular complexity index is 1070. The van der Waals surface area contributed by atoms with Crippen LogP contribution in [0.4, 0.5) is 10.3 Å². The monoisotopic (exact) mass is 714 g/mol. The highest BCUT2D eigenvalue weighted by Gasteiger charge is 2.24. The number of carbonyl (C=O) groups is 2. The maximum absolute atomic E-state index is 12.6. The number of nitrogens with one attached hydrogen (secondary N) is 4. The first kappa shape index (κ1) is 44.0. The lowest BCUT2D eigenvalue weighted by molar-refractivity contribution is -0.120. The molecule has 2 amide bonds. The Morgan fingerprint density at radius 3 is 1.23 bits per heavy atom. The fourth-order valence-corrected chi connectivity index (χ4v) is 6.39. The highest BCUT2D eigenvalue weighted by atomic mass is 32.1. The van der Waals surface area contributed by atoms with Gasteiger partial charge in [-0.25, -0.2) is 9.97 Å².